The number of methoxy groups -OCH3 is 1. The maximum absolute atomic E-state index is 6.39. The van der Waals surface area contributed by atoms with Crippen LogP contribution in [0.2, 0.25) is 0 Å². The Bertz CT molecular complexity index is 546. The van der Waals surface area contributed by atoms with Crippen molar-refractivity contribution in [1.29, 1.82) is 0 Å². The third-order valence-electron chi connectivity index (χ3n) is 3.74. The van der Waals surface area contributed by atoms with Crippen LogP contribution in [0.5, 0.6) is 0 Å². The smallest absolute Gasteiger partial charge is 0.0792 e. The van der Waals surface area contributed by atoms with Gasteiger partial charge in [-0.1, -0.05) is 24.3 Å². The van der Waals surface area contributed by atoms with Crippen LogP contribution in [0.25, 0.3) is 10.9 Å². The summed E-state index contributed by atoms with van der Waals surface area (Å²) < 4.78 is 5.59. The molecule has 2 atom stereocenters. The Balaban J connectivity index is 2.02. The van der Waals surface area contributed by atoms with Crippen LogP contribution in [0.1, 0.15) is 24.4 Å². The predicted octanol–water partition coefficient (Wildman–Crippen LogP) is 2.66. The second-order valence-corrected chi connectivity index (χ2v) is 4.99. The topological polar surface area (TPSA) is 48.1 Å². The van der Waals surface area contributed by atoms with E-state index in [1.165, 1.54) is 12.8 Å². The third-order valence-corrected chi connectivity index (χ3v) is 3.74. The molecule has 3 nitrogen and oxygen atoms in total. The highest BCUT2D eigenvalue weighted by Gasteiger charge is 2.36. The van der Waals surface area contributed by atoms with Gasteiger partial charge in [0.15, 0.2) is 0 Å². The maximum Gasteiger partial charge on any atom is 0.0792 e. The van der Waals surface area contributed by atoms with Crippen molar-refractivity contribution in [3.8, 4) is 0 Å². The summed E-state index contributed by atoms with van der Waals surface area (Å²) in [5.74, 6) is 0.615. The molecule has 94 valence electrons. The van der Waals surface area contributed by atoms with Crippen molar-refractivity contribution < 1.29 is 4.74 Å². The minimum absolute atomic E-state index is 0.0962. The van der Waals surface area contributed by atoms with Gasteiger partial charge in [0.05, 0.1) is 17.7 Å². The minimum Gasteiger partial charge on any atom is -0.379 e. The van der Waals surface area contributed by atoms with Gasteiger partial charge in [-0.25, -0.2) is 0 Å². The van der Waals surface area contributed by atoms with Crippen molar-refractivity contribution >= 4 is 10.9 Å². The summed E-state index contributed by atoms with van der Waals surface area (Å²) in [6.07, 6.45) is 4.38. The lowest BCUT2D eigenvalue weighted by Gasteiger charge is -2.23. The zero-order chi connectivity index (χ0) is 12.5. The molecule has 3 rings (SSSR count). The predicted molar refractivity (Wildman–Crippen MR) is 72.2 cm³/mol. The van der Waals surface area contributed by atoms with Crippen LogP contribution in [0, 0.1) is 5.92 Å². The second-order valence-electron chi connectivity index (χ2n) is 4.99. The number of benzene rings is 1. The monoisotopic (exact) mass is 242 g/mol. The molecule has 0 radical (unpaired) electrons. The highest BCUT2D eigenvalue weighted by atomic mass is 16.5. The van der Waals surface area contributed by atoms with Crippen LogP contribution < -0.4 is 5.73 Å². The summed E-state index contributed by atoms with van der Waals surface area (Å²) in [4.78, 5) is 4.46. The highest BCUT2D eigenvalue weighted by Crippen LogP contribution is 2.39. The van der Waals surface area contributed by atoms with E-state index in [0.717, 1.165) is 16.5 Å². The van der Waals surface area contributed by atoms with E-state index < -0.39 is 0 Å². The molecule has 3 heteroatoms. The first-order valence-corrected chi connectivity index (χ1v) is 6.43. The Hall–Kier alpha value is -1.45. The van der Waals surface area contributed by atoms with E-state index in [1.807, 2.05) is 18.3 Å². The van der Waals surface area contributed by atoms with Gasteiger partial charge >= 0.3 is 0 Å². The van der Waals surface area contributed by atoms with Crippen molar-refractivity contribution in [2.45, 2.75) is 25.0 Å². The van der Waals surface area contributed by atoms with Gasteiger partial charge in [-0.2, -0.15) is 0 Å². The first kappa shape index (κ1) is 11.6. The van der Waals surface area contributed by atoms with E-state index in [4.69, 9.17) is 10.5 Å². The third kappa shape index (κ3) is 2.00. The molecule has 2 N–H and O–H groups in total. The number of fused-ring (bicyclic) bond motifs is 1. The summed E-state index contributed by atoms with van der Waals surface area (Å²) in [6, 6.07) is 10.1. The summed E-state index contributed by atoms with van der Waals surface area (Å²) in [5, 5.41) is 1.14. The van der Waals surface area contributed by atoms with Crippen molar-refractivity contribution in [1.82, 2.24) is 4.98 Å². The van der Waals surface area contributed by atoms with Crippen molar-refractivity contribution in [2.24, 2.45) is 11.7 Å². The molecule has 1 saturated carbocycles. The number of para-hydroxylation sites is 1. The molecular formula is C15H18N2O. The number of nitrogens with two attached hydrogens (primary N) is 1. The van der Waals surface area contributed by atoms with Crippen LogP contribution in [0.3, 0.4) is 0 Å². The van der Waals surface area contributed by atoms with Crippen molar-refractivity contribution in [3.63, 3.8) is 0 Å². The lowest BCUT2D eigenvalue weighted by atomic mass is 9.96. The molecule has 1 aromatic heterocycles. The number of nitrogens with zero attached hydrogens (tertiary/aromatic N) is 1. The molecule has 0 amide bonds. The normalized spacial score (nSPS) is 18.8. The van der Waals surface area contributed by atoms with Crippen LogP contribution in [-0.4, -0.2) is 18.2 Å². The number of hydrogen-bond acceptors (Lipinski definition) is 3. The van der Waals surface area contributed by atoms with Crippen molar-refractivity contribution in [2.75, 3.05) is 7.11 Å². The molecule has 1 fully saturated rings. The lowest BCUT2D eigenvalue weighted by molar-refractivity contribution is 0.0627. The molecule has 0 aliphatic heterocycles. The molecule has 2 aromatic rings. The zero-order valence-electron chi connectivity index (χ0n) is 10.5. The first-order chi connectivity index (χ1) is 8.81. The van der Waals surface area contributed by atoms with Crippen molar-refractivity contribution in [3.05, 3.63) is 42.1 Å². The SMILES string of the molecule is COC(C1CC1)C(N)c1cccc2cccnc12. The van der Waals surface area contributed by atoms with E-state index in [9.17, 15) is 0 Å². The van der Waals surface area contributed by atoms with Crippen LogP contribution in [0.15, 0.2) is 36.5 Å². The second kappa shape index (κ2) is 4.67. The summed E-state index contributed by atoms with van der Waals surface area (Å²) in [6.45, 7) is 0. The van der Waals surface area contributed by atoms with E-state index in [0.29, 0.717) is 5.92 Å². The molecule has 1 aromatic carbocycles. The molecule has 1 aliphatic rings. The Kier molecular flexibility index (Phi) is 3.02. The van der Waals surface area contributed by atoms with Crippen LogP contribution in [0.4, 0.5) is 0 Å². The standard InChI is InChI=1S/C15H18N2O/c1-18-15(11-7-8-11)13(16)12-6-2-4-10-5-3-9-17-14(10)12/h2-6,9,11,13,15H,7-8,16H2,1H3. The zero-order valence-corrected chi connectivity index (χ0v) is 10.5. The Labute approximate surface area is 107 Å². The average Bonchev–Trinajstić information content (AvgIpc) is 3.23. The highest BCUT2D eigenvalue weighted by molar-refractivity contribution is 5.82. The fourth-order valence-corrected chi connectivity index (χ4v) is 2.63. The number of ether oxygens (including phenoxy) is 1. The van der Waals surface area contributed by atoms with Gasteiger partial charge in [-0.15, -0.1) is 0 Å². The first-order valence-electron chi connectivity index (χ1n) is 6.43. The summed E-state index contributed by atoms with van der Waals surface area (Å²) in [5.41, 5.74) is 8.48. The quantitative estimate of drug-likeness (QED) is 0.896. The number of pyridine rings is 1. The molecule has 0 bridgehead atoms. The fraction of sp³-hybridized carbons (Fsp3) is 0.400. The molecule has 0 saturated heterocycles. The molecule has 1 heterocycles. The Morgan fingerprint density at radius 3 is 2.78 bits per heavy atom. The molecule has 2 unspecified atom stereocenters. The lowest BCUT2D eigenvalue weighted by Crippen LogP contribution is -2.30. The summed E-state index contributed by atoms with van der Waals surface area (Å²) in [7, 11) is 1.75. The maximum atomic E-state index is 6.39. The van der Waals surface area contributed by atoms with Crippen LogP contribution >= 0.6 is 0 Å². The Morgan fingerprint density at radius 1 is 1.28 bits per heavy atom. The minimum atomic E-state index is -0.0962. The molecular weight excluding hydrogens is 224 g/mol. The average molecular weight is 242 g/mol. The van der Waals surface area contributed by atoms with E-state index in [-0.39, 0.29) is 12.1 Å². The van der Waals surface area contributed by atoms with Gasteiger partial charge in [0.2, 0.25) is 0 Å². The molecule has 0 spiro atoms. The van der Waals surface area contributed by atoms with Crippen LogP contribution in [-0.2, 0) is 4.74 Å². The number of aromatic nitrogens is 1. The molecule has 18 heavy (non-hydrogen) atoms. The van der Waals surface area contributed by atoms with E-state index in [2.05, 4.69) is 23.2 Å². The van der Waals surface area contributed by atoms with E-state index in [1.54, 1.807) is 7.11 Å². The van der Waals surface area contributed by atoms with Gasteiger partial charge in [0, 0.05) is 18.7 Å². The van der Waals surface area contributed by atoms with Gasteiger partial charge in [-0.05, 0) is 30.4 Å². The number of hydrogen-bond donors (Lipinski definition) is 1. The fourth-order valence-electron chi connectivity index (χ4n) is 2.63. The van der Waals surface area contributed by atoms with Gasteiger partial charge in [0.1, 0.15) is 0 Å². The Morgan fingerprint density at radius 2 is 2.06 bits per heavy atom. The number of rotatable bonds is 4. The molecule has 1 aliphatic carbocycles. The van der Waals surface area contributed by atoms with E-state index >= 15 is 0 Å². The van der Waals surface area contributed by atoms with Gasteiger partial charge in [-0.3, -0.25) is 4.98 Å². The summed E-state index contributed by atoms with van der Waals surface area (Å²) >= 11 is 0. The van der Waals surface area contributed by atoms with Gasteiger partial charge in [0.25, 0.3) is 0 Å². The van der Waals surface area contributed by atoms with Gasteiger partial charge < -0.3 is 10.5 Å². The largest absolute Gasteiger partial charge is 0.379 e.